The number of rotatable bonds is 5. The fourth-order valence-electron chi connectivity index (χ4n) is 1.62. The fourth-order valence-corrected chi connectivity index (χ4v) is 1.91. The summed E-state index contributed by atoms with van der Waals surface area (Å²) in [6, 6.07) is 17.0. The summed E-state index contributed by atoms with van der Waals surface area (Å²) in [6.45, 7) is 0.522. The average Bonchev–Trinajstić information content (AvgIpc) is 2.40. The monoisotopic (exact) mass is 258 g/mol. The SMILES string of the molecule is O=C(COCc1ccccc1)c1ccccc1S. The third-order valence-electron chi connectivity index (χ3n) is 2.55. The van der Waals surface area contributed by atoms with Crippen LogP contribution in [-0.2, 0) is 11.3 Å². The van der Waals surface area contributed by atoms with Crippen molar-refractivity contribution < 1.29 is 9.53 Å². The largest absolute Gasteiger partial charge is 0.369 e. The molecule has 2 aromatic rings. The Morgan fingerprint density at radius 3 is 2.39 bits per heavy atom. The summed E-state index contributed by atoms with van der Waals surface area (Å²) in [5.41, 5.74) is 1.67. The number of benzene rings is 2. The molecular formula is C15H14O2S. The molecule has 2 nitrogen and oxygen atoms in total. The second-order valence-corrected chi connectivity index (χ2v) is 4.40. The van der Waals surface area contributed by atoms with Crippen LogP contribution in [0.4, 0.5) is 0 Å². The van der Waals surface area contributed by atoms with Crippen LogP contribution in [0.3, 0.4) is 0 Å². The van der Waals surface area contributed by atoms with Gasteiger partial charge in [0.2, 0.25) is 0 Å². The highest BCUT2D eigenvalue weighted by Crippen LogP contribution is 2.13. The van der Waals surface area contributed by atoms with E-state index in [2.05, 4.69) is 12.6 Å². The zero-order valence-corrected chi connectivity index (χ0v) is 10.8. The van der Waals surface area contributed by atoms with Crippen LogP contribution >= 0.6 is 12.6 Å². The number of hydrogen-bond acceptors (Lipinski definition) is 3. The third-order valence-corrected chi connectivity index (χ3v) is 2.94. The lowest BCUT2D eigenvalue weighted by Crippen LogP contribution is -2.09. The van der Waals surface area contributed by atoms with Crippen LogP contribution in [0.15, 0.2) is 59.5 Å². The molecular weight excluding hydrogens is 244 g/mol. The minimum atomic E-state index is -0.0449. The van der Waals surface area contributed by atoms with Gasteiger partial charge in [0.1, 0.15) is 6.61 Å². The van der Waals surface area contributed by atoms with E-state index in [1.165, 1.54) is 0 Å². The quantitative estimate of drug-likeness (QED) is 0.657. The lowest BCUT2D eigenvalue weighted by molar-refractivity contribution is 0.0724. The van der Waals surface area contributed by atoms with E-state index in [1.54, 1.807) is 12.1 Å². The molecule has 0 heterocycles. The Hall–Kier alpha value is -1.58. The molecule has 0 radical (unpaired) electrons. The van der Waals surface area contributed by atoms with E-state index in [9.17, 15) is 4.79 Å². The van der Waals surface area contributed by atoms with Crippen LogP contribution in [0.25, 0.3) is 0 Å². The van der Waals surface area contributed by atoms with Crippen molar-refractivity contribution in [1.82, 2.24) is 0 Å². The molecule has 2 rings (SSSR count). The number of carbonyl (C=O) groups excluding carboxylic acids is 1. The summed E-state index contributed by atoms with van der Waals surface area (Å²) in [5, 5.41) is 0. The van der Waals surface area contributed by atoms with E-state index >= 15 is 0 Å². The van der Waals surface area contributed by atoms with Crippen molar-refractivity contribution in [3.63, 3.8) is 0 Å². The van der Waals surface area contributed by atoms with Crippen molar-refractivity contribution in [3.8, 4) is 0 Å². The van der Waals surface area contributed by atoms with Crippen LogP contribution in [0, 0.1) is 0 Å². The fraction of sp³-hybridized carbons (Fsp3) is 0.133. The summed E-state index contributed by atoms with van der Waals surface area (Å²) in [6.07, 6.45) is 0. The van der Waals surface area contributed by atoms with E-state index in [1.807, 2.05) is 42.5 Å². The van der Waals surface area contributed by atoms with E-state index in [-0.39, 0.29) is 12.4 Å². The smallest absolute Gasteiger partial charge is 0.189 e. The summed E-state index contributed by atoms with van der Waals surface area (Å²) in [7, 11) is 0. The first-order valence-electron chi connectivity index (χ1n) is 5.70. The number of thiol groups is 1. The predicted octanol–water partition coefficient (Wildman–Crippen LogP) is 3.37. The zero-order chi connectivity index (χ0) is 12.8. The Kier molecular flexibility index (Phi) is 4.56. The predicted molar refractivity (Wildman–Crippen MR) is 74.1 cm³/mol. The number of carbonyl (C=O) groups is 1. The third kappa shape index (κ3) is 3.45. The molecule has 0 fully saturated rings. The number of ketones is 1. The van der Waals surface area contributed by atoms with Gasteiger partial charge in [-0.3, -0.25) is 4.79 Å². The first-order valence-corrected chi connectivity index (χ1v) is 6.15. The van der Waals surface area contributed by atoms with Gasteiger partial charge in [-0.2, -0.15) is 0 Å². The summed E-state index contributed by atoms with van der Waals surface area (Å²) in [5.74, 6) is -0.0449. The average molecular weight is 258 g/mol. The normalized spacial score (nSPS) is 10.3. The molecule has 0 aliphatic heterocycles. The maximum absolute atomic E-state index is 11.9. The van der Waals surface area contributed by atoms with E-state index < -0.39 is 0 Å². The van der Waals surface area contributed by atoms with Gasteiger partial charge in [-0.1, -0.05) is 48.5 Å². The second-order valence-electron chi connectivity index (χ2n) is 3.92. The zero-order valence-electron chi connectivity index (χ0n) is 9.87. The van der Waals surface area contributed by atoms with Crippen molar-refractivity contribution in [2.75, 3.05) is 6.61 Å². The van der Waals surface area contributed by atoms with Gasteiger partial charge in [-0.15, -0.1) is 12.6 Å². The summed E-state index contributed by atoms with van der Waals surface area (Å²) < 4.78 is 5.41. The van der Waals surface area contributed by atoms with Crippen molar-refractivity contribution in [2.45, 2.75) is 11.5 Å². The molecule has 3 heteroatoms. The summed E-state index contributed by atoms with van der Waals surface area (Å²) in [4.78, 5) is 12.6. The van der Waals surface area contributed by atoms with Crippen molar-refractivity contribution >= 4 is 18.4 Å². The highest BCUT2D eigenvalue weighted by molar-refractivity contribution is 7.80. The maximum Gasteiger partial charge on any atom is 0.189 e. The molecule has 0 N–H and O–H groups in total. The van der Waals surface area contributed by atoms with Gasteiger partial charge in [0.15, 0.2) is 5.78 Å². The Labute approximate surface area is 112 Å². The first kappa shape index (κ1) is 12.9. The molecule has 0 atom stereocenters. The highest BCUT2D eigenvalue weighted by Gasteiger charge is 2.08. The molecule has 2 aromatic carbocycles. The first-order chi connectivity index (χ1) is 8.77. The Morgan fingerprint density at radius 2 is 1.67 bits per heavy atom. The van der Waals surface area contributed by atoms with Gasteiger partial charge >= 0.3 is 0 Å². The molecule has 0 bridgehead atoms. The van der Waals surface area contributed by atoms with Crippen LogP contribution in [0.5, 0.6) is 0 Å². The van der Waals surface area contributed by atoms with E-state index in [0.29, 0.717) is 17.1 Å². The molecule has 0 unspecified atom stereocenters. The molecule has 0 saturated carbocycles. The van der Waals surface area contributed by atoms with Crippen molar-refractivity contribution in [1.29, 1.82) is 0 Å². The van der Waals surface area contributed by atoms with Gasteiger partial charge in [0.25, 0.3) is 0 Å². The molecule has 18 heavy (non-hydrogen) atoms. The van der Waals surface area contributed by atoms with Gasteiger partial charge in [-0.25, -0.2) is 0 Å². The standard InChI is InChI=1S/C15H14O2S/c16-14(13-8-4-5-9-15(13)18)11-17-10-12-6-2-1-3-7-12/h1-9,18H,10-11H2. The number of ether oxygens (including phenoxy) is 1. The van der Waals surface area contributed by atoms with E-state index in [0.717, 1.165) is 5.56 Å². The highest BCUT2D eigenvalue weighted by atomic mass is 32.1. The molecule has 92 valence electrons. The minimum absolute atomic E-state index is 0.0449. The second kappa shape index (κ2) is 6.38. The Bertz CT molecular complexity index is 523. The van der Waals surface area contributed by atoms with Crippen LogP contribution < -0.4 is 0 Å². The van der Waals surface area contributed by atoms with Crippen molar-refractivity contribution in [3.05, 3.63) is 65.7 Å². The molecule has 0 spiro atoms. The van der Waals surface area contributed by atoms with Crippen LogP contribution in [0.2, 0.25) is 0 Å². The number of hydrogen-bond donors (Lipinski definition) is 1. The van der Waals surface area contributed by atoms with Gasteiger partial charge in [0.05, 0.1) is 6.61 Å². The Morgan fingerprint density at radius 1 is 1.00 bits per heavy atom. The molecule has 0 aliphatic carbocycles. The van der Waals surface area contributed by atoms with Crippen molar-refractivity contribution in [2.24, 2.45) is 0 Å². The molecule has 0 aliphatic rings. The van der Waals surface area contributed by atoms with Crippen LogP contribution in [-0.4, -0.2) is 12.4 Å². The Balaban J connectivity index is 1.88. The lowest BCUT2D eigenvalue weighted by Gasteiger charge is -2.05. The summed E-state index contributed by atoms with van der Waals surface area (Å²) >= 11 is 4.25. The minimum Gasteiger partial charge on any atom is -0.369 e. The topological polar surface area (TPSA) is 26.3 Å². The van der Waals surface area contributed by atoms with E-state index in [4.69, 9.17) is 4.74 Å². The van der Waals surface area contributed by atoms with Gasteiger partial charge in [0, 0.05) is 10.5 Å². The molecule has 0 saturated heterocycles. The maximum atomic E-state index is 11.9. The molecule has 0 aromatic heterocycles. The lowest BCUT2D eigenvalue weighted by atomic mass is 10.1. The van der Waals surface area contributed by atoms with Crippen LogP contribution in [0.1, 0.15) is 15.9 Å². The van der Waals surface area contributed by atoms with Gasteiger partial charge in [-0.05, 0) is 11.6 Å². The molecule has 0 amide bonds. The number of Topliss-reactive ketones (excluding diaryl/α,β-unsaturated/α-hetero) is 1. The van der Waals surface area contributed by atoms with Gasteiger partial charge < -0.3 is 4.74 Å².